The van der Waals surface area contributed by atoms with Crippen LogP contribution in [0.4, 0.5) is 0 Å². The molecule has 1 amide bonds. The highest BCUT2D eigenvalue weighted by Gasteiger charge is 2.30. The summed E-state index contributed by atoms with van der Waals surface area (Å²) in [5.74, 6) is -0.00180. The number of fused-ring (bicyclic) bond motifs is 1. The van der Waals surface area contributed by atoms with Crippen molar-refractivity contribution in [3.63, 3.8) is 0 Å². The fourth-order valence-electron chi connectivity index (χ4n) is 2.59. The van der Waals surface area contributed by atoms with E-state index in [4.69, 9.17) is 12.2 Å². The van der Waals surface area contributed by atoms with Gasteiger partial charge in [-0.3, -0.25) is 9.69 Å². The van der Waals surface area contributed by atoms with Gasteiger partial charge in [0.15, 0.2) is 0 Å². The fraction of sp³-hybridized carbons (Fsp3) is 0.176. The summed E-state index contributed by atoms with van der Waals surface area (Å²) >= 11 is 6.63. The summed E-state index contributed by atoms with van der Waals surface area (Å²) in [6.45, 7) is 7.09. The van der Waals surface area contributed by atoms with Crippen LogP contribution in [0.15, 0.2) is 48.0 Å². The Morgan fingerprint density at radius 2 is 2.14 bits per heavy atom. The molecule has 112 valence electrons. The minimum absolute atomic E-state index is 0.00180. The van der Waals surface area contributed by atoms with Crippen molar-refractivity contribution in [3.8, 4) is 0 Å². The van der Waals surface area contributed by atoms with Crippen molar-refractivity contribution in [3.05, 3.63) is 53.6 Å². The number of benzene rings is 1. The number of thiocarbonyl (C=S) groups is 1. The van der Waals surface area contributed by atoms with Gasteiger partial charge in [0, 0.05) is 35.8 Å². The average Bonchev–Trinajstić information content (AvgIpc) is 2.99. The van der Waals surface area contributed by atoms with E-state index in [9.17, 15) is 4.79 Å². The Morgan fingerprint density at radius 3 is 2.82 bits per heavy atom. The van der Waals surface area contributed by atoms with Crippen molar-refractivity contribution < 1.29 is 4.79 Å². The predicted octanol–water partition coefficient (Wildman–Crippen LogP) is 4.05. The fourth-order valence-corrected chi connectivity index (χ4v) is 3.97. The van der Waals surface area contributed by atoms with Crippen molar-refractivity contribution in [2.45, 2.75) is 13.5 Å². The summed E-state index contributed by atoms with van der Waals surface area (Å²) in [7, 11) is 0. The molecule has 3 rings (SSSR count). The zero-order valence-electron chi connectivity index (χ0n) is 12.3. The topological polar surface area (TPSA) is 25.2 Å². The molecule has 3 nitrogen and oxygen atoms in total. The predicted molar refractivity (Wildman–Crippen MR) is 97.7 cm³/mol. The smallest absolute Gasteiger partial charge is 0.266 e. The van der Waals surface area contributed by atoms with E-state index in [1.54, 1.807) is 4.90 Å². The van der Waals surface area contributed by atoms with Crippen molar-refractivity contribution in [1.82, 2.24) is 9.47 Å². The lowest BCUT2D eigenvalue weighted by molar-refractivity contribution is -0.121. The summed E-state index contributed by atoms with van der Waals surface area (Å²) in [5.41, 5.74) is 2.17. The molecule has 1 fully saturated rings. The number of para-hydroxylation sites is 1. The number of hydrogen-bond acceptors (Lipinski definition) is 3. The Hall–Kier alpha value is -1.85. The van der Waals surface area contributed by atoms with Gasteiger partial charge in [-0.1, -0.05) is 48.3 Å². The van der Waals surface area contributed by atoms with Gasteiger partial charge in [-0.15, -0.1) is 6.58 Å². The number of carbonyl (C=O) groups is 1. The second-order valence-electron chi connectivity index (χ2n) is 4.97. The van der Waals surface area contributed by atoms with Gasteiger partial charge in [-0.05, 0) is 19.1 Å². The van der Waals surface area contributed by atoms with Gasteiger partial charge in [0.1, 0.15) is 4.32 Å². The molecule has 0 aliphatic carbocycles. The van der Waals surface area contributed by atoms with E-state index in [0.29, 0.717) is 15.8 Å². The van der Waals surface area contributed by atoms with E-state index in [-0.39, 0.29) is 5.91 Å². The molecular weight excluding hydrogens is 312 g/mol. The molecule has 0 radical (unpaired) electrons. The largest absolute Gasteiger partial charge is 0.343 e. The van der Waals surface area contributed by atoms with Gasteiger partial charge in [-0.2, -0.15) is 0 Å². The number of rotatable bonds is 4. The maximum Gasteiger partial charge on any atom is 0.266 e. The first-order chi connectivity index (χ1) is 10.7. The molecule has 22 heavy (non-hydrogen) atoms. The molecule has 0 unspecified atom stereocenters. The highest BCUT2D eigenvalue weighted by molar-refractivity contribution is 8.26. The van der Waals surface area contributed by atoms with Crippen LogP contribution in [0.3, 0.4) is 0 Å². The van der Waals surface area contributed by atoms with Crippen LogP contribution < -0.4 is 0 Å². The maximum absolute atomic E-state index is 12.3. The normalized spacial score (nSPS) is 17.0. The molecule has 0 N–H and O–H groups in total. The van der Waals surface area contributed by atoms with Crippen molar-refractivity contribution in [1.29, 1.82) is 0 Å². The second-order valence-corrected chi connectivity index (χ2v) is 6.64. The maximum atomic E-state index is 12.3. The van der Waals surface area contributed by atoms with E-state index >= 15 is 0 Å². The Kier molecular flexibility index (Phi) is 4.18. The number of hydrogen-bond donors (Lipinski definition) is 0. The SMILES string of the molecule is C=CCn1cc(/C=C2\SC(=S)N(CC)C2=O)c2ccccc21. The minimum atomic E-state index is -0.00180. The molecule has 1 aromatic heterocycles. The first kappa shape index (κ1) is 15.1. The number of nitrogens with zero attached hydrogens (tertiary/aromatic N) is 2. The highest BCUT2D eigenvalue weighted by atomic mass is 32.2. The number of likely N-dealkylation sites (N-methyl/N-ethyl adjacent to an activating group) is 1. The summed E-state index contributed by atoms with van der Waals surface area (Å²) in [5, 5.41) is 1.13. The Bertz CT molecular complexity index is 804. The summed E-state index contributed by atoms with van der Waals surface area (Å²) in [6.07, 6.45) is 5.87. The Balaban J connectivity index is 2.08. The van der Waals surface area contributed by atoms with Crippen LogP contribution in [0.2, 0.25) is 0 Å². The van der Waals surface area contributed by atoms with Crippen LogP contribution >= 0.6 is 24.0 Å². The first-order valence-corrected chi connectivity index (χ1v) is 8.32. The highest BCUT2D eigenvalue weighted by Crippen LogP contribution is 2.34. The number of allylic oxidation sites excluding steroid dienone is 1. The van der Waals surface area contributed by atoms with Gasteiger partial charge in [0.05, 0.1) is 4.91 Å². The van der Waals surface area contributed by atoms with E-state index in [1.807, 2.05) is 31.2 Å². The molecule has 1 aromatic carbocycles. The zero-order valence-corrected chi connectivity index (χ0v) is 13.9. The van der Waals surface area contributed by atoms with Gasteiger partial charge in [0.25, 0.3) is 5.91 Å². The standard InChI is InChI=1S/C17H16N2OS2/c1-3-9-18-11-12(13-7-5-6-8-14(13)18)10-15-16(20)19(4-2)17(21)22-15/h3,5-8,10-11H,1,4,9H2,2H3/b15-10-. The molecule has 0 atom stereocenters. The monoisotopic (exact) mass is 328 g/mol. The van der Waals surface area contributed by atoms with Crippen LogP contribution in [0.5, 0.6) is 0 Å². The number of aromatic nitrogens is 1. The molecule has 5 heteroatoms. The number of amides is 1. The van der Waals surface area contributed by atoms with Crippen molar-refractivity contribution >= 4 is 51.2 Å². The molecule has 1 aliphatic rings. The minimum Gasteiger partial charge on any atom is -0.343 e. The van der Waals surface area contributed by atoms with Crippen molar-refractivity contribution in [2.75, 3.05) is 6.54 Å². The third kappa shape index (κ3) is 2.51. The number of carbonyl (C=O) groups excluding carboxylic acids is 1. The zero-order chi connectivity index (χ0) is 15.7. The lowest BCUT2D eigenvalue weighted by Gasteiger charge is -2.09. The average molecular weight is 328 g/mol. The molecule has 1 saturated heterocycles. The molecular formula is C17H16N2OS2. The molecule has 0 spiro atoms. The van der Waals surface area contributed by atoms with Crippen LogP contribution in [-0.2, 0) is 11.3 Å². The van der Waals surface area contributed by atoms with Crippen LogP contribution in [0.1, 0.15) is 12.5 Å². The summed E-state index contributed by atoms with van der Waals surface area (Å²) in [4.78, 5) is 14.7. The van der Waals surface area contributed by atoms with Crippen LogP contribution in [0, 0.1) is 0 Å². The molecule has 0 bridgehead atoms. The lowest BCUT2D eigenvalue weighted by Crippen LogP contribution is -2.27. The van der Waals surface area contributed by atoms with E-state index < -0.39 is 0 Å². The van der Waals surface area contributed by atoms with Gasteiger partial charge < -0.3 is 4.57 Å². The second kappa shape index (κ2) is 6.10. The molecule has 2 aromatic rings. The van der Waals surface area contributed by atoms with Crippen molar-refractivity contribution in [2.24, 2.45) is 0 Å². The Labute approximate surface area is 139 Å². The first-order valence-electron chi connectivity index (χ1n) is 7.09. The van der Waals surface area contributed by atoms with E-state index in [1.165, 1.54) is 11.8 Å². The number of thioether (sulfide) groups is 1. The molecule has 1 aliphatic heterocycles. The van der Waals surface area contributed by atoms with E-state index in [2.05, 4.69) is 29.5 Å². The third-order valence-electron chi connectivity index (χ3n) is 3.62. The third-order valence-corrected chi connectivity index (χ3v) is 5.00. The molecule has 2 heterocycles. The summed E-state index contributed by atoms with van der Waals surface area (Å²) < 4.78 is 2.77. The lowest BCUT2D eigenvalue weighted by atomic mass is 10.1. The van der Waals surface area contributed by atoms with Crippen LogP contribution in [0.25, 0.3) is 17.0 Å². The van der Waals surface area contributed by atoms with Gasteiger partial charge in [-0.25, -0.2) is 0 Å². The molecule has 0 saturated carbocycles. The van der Waals surface area contributed by atoms with Gasteiger partial charge in [0.2, 0.25) is 0 Å². The van der Waals surface area contributed by atoms with E-state index in [0.717, 1.165) is 23.0 Å². The van der Waals surface area contributed by atoms with Gasteiger partial charge >= 0.3 is 0 Å². The quantitative estimate of drug-likeness (QED) is 0.481. The van der Waals surface area contributed by atoms with Crippen LogP contribution in [-0.4, -0.2) is 26.2 Å². The summed E-state index contributed by atoms with van der Waals surface area (Å²) in [6, 6.07) is 8.17. The Morgan fingerprint density at radius 1 is 1.36 bits per heavy atom.